The van der Waals surface area contributed by atoms with E-state index in [1.807, 2.05) is 5.32 Å². The molecule has 6 amide bonds. The van der Waals surface area contributed by atoms with E-state index in [-0.39, 0.29) is 11.3 Å². The molecule has 0 bridgehead atoms. The van der Waals surface area contributed by atoms with Crippen molar-refractivity contribution in [2.45, 2.75) is 227 Å². The van der Waals surface area contributed by atoms with Gasteiger partial charge in [-0.05, 0) is 44.9 Å². The topological polar surface area (TPSA) is 503 Å². The lowest BCUT2D eigenvalue weighted by atomic mass is 9.61. The predicted molar refractivity (Wildman–Crippen MR) is 282 cm³/mol. The summed E-state index contributed by atoms with van der Waals surface area (Å²) in [5.41, 5.74) is 0.673. The van der Waals surface area contributed by atoms with Gasteiger partial charge in [-0.15, -0.1) is 0 Å². The number of phenolic OH excluding ortho intramolecular Hbond substituents is 1. The van der Waals surface area contributed by atoms with Crippen molar-refractivity contribution in [2.75, 3.05) is 6.54 Å². The largest absolute Gasteiger partial charge is 0.504 e. The maximum atomic E-state index is 16.0. The number of fused-ring (bicyclic) bond motifs is 1. The van der Waals surface area contributed by atoms with E-state index < -0.39 is 190 Å². The molecule has 3 aliphatic heterocycles. The number of Topliss-reactive ketones (excluding diaryl/α,β-unsaturated/α-hetero) is 2. The Morgan fingerprint density at radius 3 is 1.93 bits per heavy atom. The number of aliphatic hydroxyl groups is 8. The number of aromatic hydroxyl groups is 1. The number of hydrogen-bond donors (Lipinski definition) is 16. The fraction of sp³-hybridized carbons (Fsp3) is 0.725. The SMILES string of the molecule is CCCCCCCCCCCCCCCC(=O)NC(CC(O)C(N)O)C(=O)NC(C(=O)N1CC(O)CC1C(=O)C1(O)C(O)(c2ccc(O)c(OS(=O)(=O)O)c2)C(C)N2C(=O)CC(O)(CC(N)=O)NC(=O)C21C(=O)C(N)C(C)O)C(C)O. The number of β-amino-alcohol motifs (C(OH)–C–C–N with tert-alkyl or cyclic N) is 1. The summed E-state index contributed by atoms with van der Waals surface area (Å²) in [5, 5.41) is 109. The monoisotopic (exact) mass is 1170 g/mol. The van der Waals surface area contributed by atoms with Crippen LogP contribution in [0.1, 0.15) is 149 Å². The van der Waals surface area contributed by atoms with Crippen LogP contribution in [0, 0.1) is 0 Å². The van der Waals surface area contributed by atoms with Crippen LogP contribution < -0.4 is 37.3 Å². The minimum Gasteiger partial charge on any atom is -0.504 e. The average molecular weight is 1180 g/mol. The fourth-order valence-corrected chi connectivity index (χ4v) is 11.5. The predicted octanol–water partition coefficient (Wildman–Crippen LogP) is -3.79. The Hall–Kier alpha value is -5.51. The van der Waals surface area contributed by atoms with Gasteiger partial charge < -0.3 is 93.1 Å². The van der Waals surface area contributed by atoms with Crippen molar-refractivity contribution in [3.63, 3.8) is 0 Å². The van der Waals surface area contributed by atoms with E-state index >= 15 is 14.4 Å². The summed E-state index contributed by atoms with van der Waals surface area (Å²) in [4.78, 5) is 116. The lowest BCUT2D eigenvalue weighted by Crippen LogP contribution is -2.80. The van der Waals surface area contributed by atoms with Crippen LogP contribution in [-0.4, -0.2) is 200 Å². The molecule has 1 aromatic carbocycles. The molecule has 30 heteroatoms. The number of nitrogens with zero attached hydrogens (tertiary/aromatic N) is 2. The lowest BCUT2D eigenvalue weighted by molar-refractivity contribution is -0.195. The molecule has 14 unspecified atom stereocenters. The molecule has 4 rings (SSSR count). The number of unbranched alkanes of at least 4 members (excludes halogenated alkanes) is 12. The molecule has 81 heavy (non-hydrogen) atoms. The minimum atomic E-state index is -5.56. The third-order valence-corrected chi connectivity index (χ3v) is 15.7. The molecular weight excluding hydrogens is 1090 g/mol. The average Bonchev–Trinajstić information content (AvgIpc) is 1.86. The number of primary amides is 1. The van der Waals surface area contributed by atoms with Gasteiger partial charge in [-0.1, -0.05) is 90.0 Å². The second-order valence-corrected chi connectivity index (χ2v) is 22.7. The number of benzene rings is 1. The van der Waals surface area contributed by atoms with Crippen LogP contribution in [-0.2, 0) is 54.4 Å². The summed E-state index contributed by atoms with van der Waals surface area (Å²) >= 11 is 0. The zero-order valence-electron chi connectivity index (χ0n) is 45.9. The highest BCUT2D eigenvalue weighted by Gasteiger charge is 2.86. The molecule has 0 aromatic heterocycles. The number of hydrogen-bond acceptors (Lipinski definition) is 22. The summed E-state index contributed by atoms with van der Waals surface area (Å²) in [7, 11) is -5.56. The highest BCUT2D eigenvalue weighted by molar-refractivity contribution is 7.81. The maximum absolute atomic E-state index is 16.0. The third-order valence-electron chi connectivity index (χ3n) is 15.4. The molecule has 0 radical (unpaired) electrons. The Morgan fingerprint density at radius 1 is 0.864 bits per heavy atom. The second-order valence-electron chi connectivity index (χ2n) is 21.7. The zero-order valence-corrected chi connectivity index (χ0v) is 46.8. The van der Waals surface area contributed by atoms with Gasteiger partial charge in [-0.2, -0.15) is 8.42 Å². The first kappa shape index (κ1) is 68.0. The van der Waals surface area contributed by atoms with Gasteiger partial charge in [0.15, 0.2) is 34.4 Å². The Bertz CT molecular complexity index is 2560. The normalized spacial score (nSPS) is 27.4. The number of rotatable bonds is 32. The van der Waals surface area contributed by atoms with Crippen molar-refractivity contribution in [1.29, 1.82) is 0 Å². The first-order chi connectivity index (χ1) is 37.7. The molecule has 3 aliphatic rings. The molecular formula is C51H82N8O21S. The number of amides is 6. The summed E-state index contributed by atoms with van der Waals surface area (Å²) in [5.74, 6) is -14.9. The van der Waals surface area contributed by atoms with E-state index in [0.29, 0.717) is 35.9 Å². The number of nitrogens with one attached hydrogen (secondary N) is 3. The van der Waals surface area contributed by atoms with Crippen LogP contribution in [0.3, 0.4) is 0 Å². The van der Waals surface area contributed by atoms with Gasteiger partial charge in [0.25, 0.3) is 5.91 Å². The number of nitrogens with two attached hydrogens (primary N) is 3. The first-order valence-corrected chi connectivity index (χ1v) is 28.5. The summed E-state index contributed by atoms with van der Waals surface area (Å²) in [6.45, 7) is 3.92. The highest BCUT2D eigenvalue weighted by atomic mass is 32.3. The Morgan fingerprint density at radius 2 is 1.42 bits per heavy atom. The molecule has 0 aliphatic carbocycles. The second kappa shape index (κ2) is 28.2. The van der Waals surface area contributed by atoms with Crippen molar-refractivity contribution in [1.82, 2.24) is 25.8 Å². The fourth-order valence-electron chi connectivity index (χ4n) is 11.2. The van der Waals surface area contributed by atoms with Gasteiger partial charge in [0.2, 0.25) is 35.1 Å². The van der Waals surface area contributed by atoms with Gasteiger partial charge in [0, 0.05) is 25.8 Å². The van der Waals surface area contributed by atoms with Gasteiger partial charge in [-0.3, -0.25) is 42.9 Å². The minimum absolute atomic E-state index is 0.0957. The van der Waals surface area contributed by atoms with Crippen molar-refractivity contribution in [3.05, 3.63) is 23.8 Å². The summed E-state index contributed by atoms with van der Waals surface area (Å²) in [6.07, 6.45) is -0.809. The zero-order chi connectivity index (χ0) is 61.2. The van der Waals surface area contributed by atoms with E-state index in [1.165, 1.54) is 38.5 Å². The van der Waals surface area contributed by atoms with Crippen LogP contribution in [0.15, 0.2) is 18.2 Å². The summed E-state index contributed by atoms with van der Waals surface area (Å²) in [6, 6.07) is -9.60. The molecule has 458 valence electrons. The lowest BCUT2D eigenvalue weighted by Gasteiger charge is -2.47. The third kappa shape index (κ3) is 15.2. The van der Waals surface area contributed by atoms with E-state index in [9.17, 15) is 82.9 Å². The van der Waals surface area contributed by atoms with E-state index in [2.05, 4.69) is 21.7 Å². The van der Waals surface area contributed by atoms with Gasteiger partial charge in [0.05, 0.1) is 55.4 Å². The molecule has 19 N–H and O–H groups in total. The molecule has 0 spiro atoms. The molecule has 29 nitrogen and oxygen atoms in total. The molecule has 3 heterocycles. The van der Waals surface area contributed by atoms with Gasteiger partial charge in [0.1, 0.15) is 23.9 Å². The van der Waals surface area contributed by atoms with E-state index in [0.717, 1.165) is 52.9 Å². The Balaban J connectivity index is 1.79. The molecule has 1 aromatic rings. The van der Waals surface area contributed by atoms with E-state index in [1.54, 1.807) is 0 Å². The quantitative estimate of drug-likeness (QED) is 0.0142. The maximum Gasteiger partial charge on any atom is 0.446 e. The number of ketones is 2. The molecule has 3 fully saturated rings. The van der Waals surface area contributed by atoms with Crippen LogP contribution in [0.2, 0.25) is 0 Å². The number of phenols is 1. The van der Waals surface area contributed by atoms with Crippen LogP contribution in [0.5, 0.6) is 11.5 Å². The first-order valence-electron chi connectivity index (χ1n) is 27.2. The molecule has 14 atom stereocenters. The van der Waals surface area contributed by atoms with Crippen molar-refractivity contribution < 1.29 is 101 Å². The standard InChI is InChI=1S/C51H82N8O21S/c1-5-6-7-8-9-10-11-12-13-14-15-16-17-18-38(66)55-32(23-35(64)44(54)70)45(71)56-41(28(3)61)46(72)58-26-31(62)22-33(58)42(68)51(76)49(43(69)40(53)27(2)60)47(73)57-48(74,24-37(52)65)25-39(67)59(49)29(4)50(51,75)30-19-20-34(63)36(21-30)80-81(77,78)79/h19-21,27-29,31-33,35,40-41,44,60-64,70,74-76H,5-18,22-26,53-54H2,1-4H3,(H2,52,65)(H,55,66)(H,56,71)(H,57,73)(H,77,78,79). The highest BCUT2D eigenvalue weighted by Crippen LogP contribution is 2.58. The van der Waals surface area contributed by atoms with Gasteiger partial charge in [-0.25, -0.2) is 0 Å². The van der Waals surface area contributed by atoms with Crippen molar-refractivity contribution >= 4 is 57.4 Å². The molecule has 0 saturated carbocycles. The number of likely N-dealkylation sites (tertiary alicyclic amines) is 1. The number of carbonyl (C=O) groups is 8. The van der Waals surface area contributed by atoms with Crippen molar-refractivity contribution in [2.24, 2.45) is 17.2 Å². The van der Waals surface area contributed by atoms with Crippen molar-refractivity contribution in [3.8, 4) is 11.5 Å². The van der Waals surface area contributed by atoms with Crippen LogP contribution in [0.25, 0.3) is 0 Å². The smallest absolute Gasteiger partial charge is 0.446 e. The van der Waals surface area contributed by atoms with Crippen LogP contribution in [0.4, 0.5) is 0 Å². The number of aliphatic hydroxyl groups excluding tert-OH is 5. The van der Waals surface area contributed by atoms with Crippen LogP contribution >= 0.6 is 0 Å². The Kier molecular flexibility index (Phi) is 23.7. The summed E-state index contributed by atoms with van der Waals surface area (Å²) < 4.78 is 37.8. The number of carbonyl (C=O) groups excluding carboxylic acids is 8. The van der Waals surface area contributed by atoms with E-state index in [4.69, 9.17) is 17.2 Å². The Labute approximate surface area is 468 Å². The molecule has 3 saturated heterocycles. The van der Waals surface area contributed by atoms with Gasteiger partial charge >= 0.3 is 10.4 Å².